The number of ether oxygens (including phenoxy) is 1. The molecular weight excluding hydrogens is 247 g/mol. The fourth-order valence-corrected chi connectivity index (χ4v) is 2.97. The Hall–Kier alpha value is -1.46. The molecule has 4 unspecified atom stereocenters. The standard InChI is InChI=1S/C14H17FN2O2/c1-7-2-3-10(15)9(6-7)14(18)17-12-11(16)8-4-5-19-13(8)12/h2-3,6,8,11-13H,4-5,16H2,1H3,(H,17,18). The summed E-state index contributed by atoms with van der Waals surface area (Å²) in [7, 11) is 0. The molecular formula is C14H17FN2O2. The van der Waals surface area contributed by atoms with E-state index in [-0.39, 0.29) is 23.8 Å². The fourth-order valence-electron chi connectivity index (χ4n) is 2.97. The second-order valence-electron chi connectivity index (χ2n) is 5.35. The first-order chi connectivity index (χ1) is 9.08. The average molecular weight is 264 g/mol. The number of fused-ring (bicyclic) bond motifs is 1. The predicted octanol–water partition coefficient (Wildman–Crippen LogP) is 0.979. The molecule has 1 aliphatic carbocycles. The van der Waals surface area contributed by atoms with Gasteiger partial charge in [0.15, 0.2) is 0 Å². The molecule has 1 saturated heterocycles. The molecule has 1 aromatic rings. The van der Waals surface area contributed by atoms with Gasteiger partial charge in [-0.25, -0.2) is 4.39 Å². The number of nitrogens with one attached hydrogen (secondary N) is 1. The van der Waals surface area contributed by atoms with Gasteiger partial charge in [0.25, 0.3) is 5.91 Å². The lowest BCUT2D eigenvalue weighted by atomic mass is 9.72. The molecule has 0 spiro atoms. The highest BCUT2D eigenvalue weighted by Crippen LogP contribution is 2.37. The summed E-state index contributed by atoms with van der Waals surface area (Å²) >= 11 is 0. The van der Waals surface area contributed by atoms with Crippen molar-refractivity contribution < 1.29 is 13.9 Å². The van der Waals surface area contributed by atoms with Crippen LogP contribution in [0.4, 0.5) is 4.39 Å². The van der Waals surface area contributed by atoms with Crippen molar-refractivity contribution in [2.24, 2.45) is 11.7 Å². The van der Waals surface area contributed by atoms with Crippen LogP contribution in [0.3, 0.4) is 0 Å². The van der Waals surface area contributed by atoms with Gasteiger partial charge in [-0.3, -0.25) is 4.79 Å². The summed E-state index contributed by atoms with van der Waals surface area (Å²) in [6.07, 6.45) is 0.934. The summed E-state index contributed by atoms with van der Waals surface area (Å²) in [5, 5.41) is 2.79. The zero-order valence-corrected chi connectivity index (χ0v) is 10.7. The summed E-state index contributed by atoms with van der Waals surface area (Å²) in [6.45, 7) is 2.51. The summed E-state index contributed by atoms with van der Waals surface area (Å²) in [5.41, 5.74) is 6.92. The zero-order chi connectivity index (χ0) is 13.6. The van der Waals surface area contributed by atoms with E-state index in [0.717, 1.165) is 12.0 Å². The molecule has 4 atom stereocenters. The van der Waals surface area contributed by atoms with E-state index >= 15 is 0 Å². The number of halogens is 1. The first-order valence-electron chi connectivity index (χ1n) is 6.52. The summed E-state index contributed by atoms with van der Waals surface area (Å²) in [6, 6.07) is 4.18. The number of hydrogen-bond acceptors (Lipinski definition) is 3. The Balaban J connectivity index is 1.73. The molecule has 0 radical (unpaired) electrons. The van der Waals surface area contributed by atoms with E-state index in [1.165, 1.54) is 6.07 Å². The van der Waals surface area contributed by atoms with Crippen LogP contribution in [0.15, 0.2) is 18.2 Å². The highest BCUT2D eigenvalue weighted by atomic mass is 19.1. The SMILES string of the molecule is Cc1ccc(F)c(C(=O)NC2C(N)C3CCOC32)c1. The van der Waals surface area contributed by atoms with Crippen molar-refractivity contribution in [3.8, 4) is 0 Å². The van der Waals surface area contributed by atoms with Crippen LogP contribution in [0.1, 0.15) is 22.3 Å². The van der Waals surface area contributed by atoms with E-state index in [0.29, 0.717) is 12.5 Å². The third kappa shape index (κ3) is 2.03. The van der Waals surface area contributed by atoms with Crippen molar-refractivity contribution in [2.45, 2.75) is 31.5 Å². The first-order valence-corrected chi connectivity index (χ1v) is 6.52. The molecule has 1 saturated carbocycles. The molecule has 0 aromatic heterocycles. The van der Waals surface area contributed by atoms with Crippen molar-refractivity contribution in [3.05, 3.63) is 35.1 Å². The normalized spacial score (nSPS) is 32.6. The molecule has 1 aromatic carbocycles. The van der Waals surface area contributed by atoms with E-state index in [2.05, 4.69) is 5.32 Å². The number of nitrogens with two attached hydrogens (primary N) is 1. The van der Waals surface area contributed by atoms with Crippen LogP contribution in [0.2, 0.25) is 0 Å². The second-order valence-corrected chi connectivity index (χ2v) is 5.35. The van der Waals surface area contributed by atoms with Crippen LogP contribution in [0.5, 0.6) is 0 Å². The zero-order valence-electron chi connectivity index (χ0n) is 10.7. The lowest BCUT2D eigenvalue weighted by Gasteiger charge is -2.45. The van der Waals surface area contributed by atoms with Crippen molar-refractivity contribution >= 4 is 5.91 Å². The second kappa shape index (κ2) is 4.58. The lowest BCUT2D eigenvalue weighted by Crippen LogP contribution is -2.69. The minimum absolute atomic E-state index is 0.00757. The van der Waals surface area contributed by atoms with Gasteiger partial charge >= 0.3 is 0 Å². The van der Waals surface area contributed by atoms with Crippen molar-refractivity contribution in [3.63, 3.8) is 0 Å². The largest absolute Gasteiger partial charge is 0.376 e. The molecule has 5 heteroatoms. The van der Waals surface area contributed by atoms with E-state index < -0.39 is 11.7 Å². The van der Waals surface area contributed by atoms with Gasteiger partial charge in [-0.15, -0.1) is 0 Å². The number of amides is 1. The molecule has 19 heavy (non-hydrogen) atoms. The van der Waals surface area contributed by atoms with Crippen LogP contribution in [-0.4, -0.2) is 30.7 Å². The van der Waals surface area contributed by atoms with Crippen LogP contribution < -0.4 is 11.1 Å². The molecule has 1 amide bonds. The molecule has 3 rings (SSSR count). The number of rotatable bonds is 2. The van der Waals surface area contributed by atoms with Gasteiger partial charge in [-0.05, 0) is 25.5 Å². The summed E-state index contributed by atoms with van der Waals surface area (Å²) in [5.74, 6) is -0.608. The van der Waals surface area contributed by atoms with Gasteiger partial charge in [0.05, 0.1) is 17.7 Å². The van der Waals surface area contributed by atoms with Crippen LogP contribution in [0, 0.1) is 18.7 Å². The molecule has 1 heterocycles. The topological polar surface area (TPSA) is 64.4 Å². The summed E-state index contributed by atoms with van der Waals surface area (Å²) in [4.78, 5) is 12.1. The highest BCUT2D eigenvalue weighted by molar-refractivity contribution is 5.95. The third-order valence-corrected chi connectivity index (χ3v) is 4.11. The fraction of sp³-hybridized carbons (Fsp3) is 0.500. The van der Waals surface area contributed by atoms with Crippen molar-refractivity contribution in [1.29, 1.82) is 0 Å². The van der Waals surface area contributed by atoms with E-state index in [9.17, 15) is 9.18 Å². The Labute approximate surface area is 111 Å². The number of carbonyl (C=O) groups is 1. The van der Waals surface area contributed by atoms with Gasteiger partial charge in [0.2, 0.25) is 0 Å². The van der Waals surface area contributed by atoms with Gasteiger partial charge in [-0.2, -0.15) is 0 Å². The smallest absolute Gasteiger partial charge is 0.254 e. The van der Waals surface area contributed by atoms with Crippen LogP contribution in [-0.2, 0) is 4.74 Å². The molecule has 2 fully saturated rings. The number of carbonyl (C=O) groups excluding carboxylic acids is 1. The minimum Gasteiger partial charge on any atom is -0.376 e. The number of hydrogen-bond donors (Lipinski definition) is 2. The van der Waals surface area contributed by atoms with E-state index in [1.54, 1.807) is 12.1 Å². The van der Waals surface area contributed by atoms with Gasteiger partial charge in [-0.1, -0.05) is 11.6 Å². The molecule has 3 N–H and O–H groups in total. The maximum atomic E-state index is 13.6. The predicted molar refractivity (Wildman–Crippen MR) is 68.2 cm³/mol. The van der Waals surface area contributed by atoms with Gasteiger partial charge < -0.3 is 15.8 Å². The Kier molecular flexibility index (Phi) is 3.03. The maximum Gasteiger partial charge on any atom is 0.254 e. The molecule has 2 aliphatic rings. The monoisotopic (exact) mass is 264 g/mol. The molecule has 102 valence electrons. The third-order valence-electron chi connectivity index (χ3n) is 4.11. The molecule has 4 nitrogen and oxygen atoms in total. The number of aryl methyl sites for hydroxylation is 1. The number of benzene rings is 1. The Morgan fingerprint density at radius 3 is 3.11 bits per heavy atom. The Bertz CT molecular complexity index is 520. The maximum absolute atomic E-state index is 13.6. The molecule has 0 bridgehead atoms. The van der Waals surface area contributed by atoms with Crippen molar-refractivity contribution in [1.82, 2.24) is 5.32 Å². The Morgan fingerprint density at radius 1 is 1.53 bits per heavy atom. The molecule has 1 aliphatic heterocycles. The summed E-state index contributed by atoms with van der Waals surface area (Å²) < 4.78 is 19.2. The first kappa shape index (κ1) is 12.6. The van der Waals surface area contributed by atoms with Gasteiger partial charge in [0, 0.05) is 18.6 Å². The highest BCUT2D eigenvalue weighted by Gasteiger charge is 2.52. The van der Waals surface area contributed by atoms with E-state index in [1.807, 2.05) is 6.92 Å². The quantitative estimate of drug-likeness (QED) is 0.837. The average Bonchev–Trinajstić information content (AvgIpc) is 2.83. The van der Waals surface area contributed by atoms with Gasteiger partial charge in [0.1, 0.15) is 5.82 Å². The Morgan fingerprint density at radius 2 is 2.32 bits per heavy atom. The van der Waals surface area contributed by atoms with Crippen molar-refractivity contribution in [2.75, 3.05) is 6.61 Å². The van der Waals surface area contributed by atoms with Crippen LogP contribution in [0.25, 0.3) is 0 Å². The lowest BCUT2D eigenvalue weighted by molar-refractivity contribution is -0.0161. The minimum atomic E-state index is -0.514. The van der Waals surface area contributed by atoms with Crippen LogP contribution >= 0.6 is 0 Å². The van der Waals surface area contributed by atoms with E-state index in [4.69, 9.17) is 10.5 Å².